The molecule has 0 saturated carbocycles. The SMILES string of the molecule is CCc1c(C(=O)NCCCc2nn(-c3ccc(F)cc3)c(N)c2C#N)cnn1-c1ccc(C)cc1. The van der Waals surface area contributed by atoms with Crippen molar-refractivity contribution < 1.29 is 9.18 Å². The lowest BCUT2D eigenvalue weighted by Crippen LogP contribution is -2.25. The molecule has 178 valence electrons. The molecule has 0 atom stereocenters. The molecule has 0 unspecified atom stereocenters. The maximum Gasteiger partial charge on any atom is 0.254 e. The van der Waals surface area contributed by atoms with Gasteiger partial charge in [-0.1, -0.05) is 24.6 Å². The van der Waals surface area contributed by atoms with E-state index in [-0.39, 0.29) is 23.1 Å². The van der Waals surface area contributed by atoms with Gasteiger partial charge in [-0.25, -0.2) is 13.8 Å². The van der Waals surface area contributed by atoms with Gasteiger partial charge >= 0.3 is 0 Å². The normalized spacial score (nSPS) is 10.8. The summed E-state index contributed by atoms with van der Waals surface area (Å²) in [4.78, 5) is 12.8. The number of hydrogen-bond donors (Lipinski definition) is 2. The Morgan fingerprint density at radius 3 is 2.43 bits per heavy atom. The third kappa shape index (κ3) is 4.92. The van der Waals surface area contributed by atoms with Crippen LogP contribution in [0.15, 0.2) is 54.7 Å². The molecule has 8 nitrogen and oxygen atoms in total. The minimum absolute atomic E-state index is 0.197. The predicted octanol–water partition coefficient (Wildman–Crippen LogP) is 3.88. The molecule has 0 radical (unpaired) electrons. The highest BCUT2D eigenvalue weighted by Gasteiger charge is 2.18. The zero-order chi connectivity index (χ0) is 24.9. The van der Waals surface area contributed by atoms with Crippen LogP contribution in [0.2, 0.25) is 0 Å². The van der Waals surface area contributed by atoms with Gasteiger partial charge in [0.1, 0.15) is 23.3 Å². The molecule has 3 N–H and O–H groups in total. The summed E-state index contributed by atoms with van der Waals surface area (Å²) in [5.74, 6) is -0.363. The number of carbonyl (C=O) groups excluding carboxylic acids is 1. The van der Waals surface area contributed by atoms with Crippen molar-refractivity contribution in [1.29, 1.82) is 5.26 Å². The molecule has 0 bridgehead atoms. The highest BCUT2D eigenvalue weighted by molar-refractivity contribution is 5.95. The fourth-order valence-corrected chi connectivity index (χ4v) is 3.92. The first kappa shape index (κ1) is 23.7. The first-order valence-electron chi connectivity index (χ1n) is 11.4. The van der Waals surface area contributed by atoms with Crippen LogP contribution in [0.3, 0.4) is 0 Å². The summed E-state index contributed by atoms with van der Waals surface area (Å²) in [6.45, 7) is 4.41. The smallest absolute Gasteiger partial charge is 0.254 e. The summed E-state index contributed by atoms with van der Waals surface area (Å²) in [6.07, 6.45) is 3.26. The average molecular weight is 472 g/mol. The summed E-state index contributed by atoms with van der Waals surface area (Å²) >= 11 is 0. The summed E-state index contributed by atoms with van der Waals surface area (Å²) in [5.41, 5.74) is 10.9. The van der Waals surface area contributed by atoms with Crippen LogP contribution in [0.1, 0.15) is 46.2 Å². The van der Waals surface area contributed by atoms with Gasteiger partial charge in [0.05, 0.1) is 34.5 Å². The molecule has 2 aromatic heterocycles. The number of amides is 1. The molecule has 1 amide bonds. The van der Waals surface area contributed by atoms with E-state index in [4.69, 9.17) is 5.73 Å². The number of rotatable bonds is 8. The molecule has 9 heteroatoms. The van der Waals surface area contributed by atoms with Crippen LogP contribution in [-0.4, -0.2) is 32.0 Å². The number of carbonyl (C=O) groups is 1. The van der Waals surface area contributed by atoms with Crippen molar-refractivity contribution >= 4 is 11.7 Å². The van der Waals surface area contributed by atoms with E-state index in [0.29, 0.717) is 42.8 Å². The summed E-state index contributed by atoms with van der Waals surface area (Å²) in [7, 11) is 0. The number of aryl methyl sites for hydroxylation is 2. The average Bonchev–Trinajstić information content (AvgIpc) is 3.43. The number of benzene rings is 2. The minimum atomic E-state index is -0.369. The number of nitrogens with zero attached hydrogens (tertiary/aromatic N) is 5. The topological polar surface area (TPSA) is 115 Å². The zero-order valence-corrected chi connectivity index (χ0v) is 19.6. The van der Waals surface area contributed by atoms with Gasteiger partial charge in [-0.3, -0.25) is 4.79 Å². The van der Waals surface area contributed by atoms with Gasteiger partial charge in [-0.05, 0) is 62.6 Å². The van der Waals surface area contributed by atoms with Crippen molar-refractivity contribution in [1.82, 2.24) is 24.9 Å². The van der Waals surface area contributed by atoms with Crippen molar-refractivity contribution in [2.45, 2.75) is 33.1 Å². The Morgan fingerprint density at radius 2 is 1.77 bits per heavy atom. The maximum absolute atomic E-state index is 13.2. The summed E-state index contributed by atoms with van der Waals surface area (Å²) in [5, 5.41) is 21.3. The van der Waals surface area contributed by atoms with Crippen LogP contribution in [0.25, 0.3) is 11.4 Å². The number of nitrogen functional groups attached to an aromatic ring is 1. The van der Waals surface area contributed by atoms with Crippen LogP contribution in [-0.2, 0) is 12.8 Å². The molecule has 4 aromatic rings. The van der Waals surface area contributed by atoms with E-state index >= 15 is 0 Å². The van der Waals surface area contributed by atoms with Gasteiger partial charge in [0, 0.05) is 6.54 Å². The molecule has 0 spiro atoms. The standard InChI is InChI=1S/C26H26FN7O/c1-3-24-22(16-31-33(24)19-10-6-17(2)7-11-19)26(35)30-14-4-5-23-21(15-28)25(29)34(32-23)20-12-8-18(27)9-13-20/h6-13,16H,3-5,14,29H2,1-2H3,(H,30,35). The number of nitrogens with two attached hydrogens (primary N) is 1. The van der Waals surface area contributed by atoms with E-state index in [1.165, 1.54) is 16.8 Å². The number of halogens is 1. The zero-order valence-electron chi connectivity index (χ0n) is 19.6. The largest absolute Gasteiger partial charge is 0.382 e. The molecule has 0 aliphatic rings. The van der Waals surface area contributed by atoms with Crippen molar-refractivity contribution in [2.75, 3.05) is 12.3 Å². The number of anilines is 1. The quantitative estimate of drug-likeness (QED) is 0.379. The first-order valence-corrected chi connectivity index (χ1v) is 11.4. The Balaban J connectivity index is 1.41. The Hall–Kier alpha value is -4.45. The van der Waals surface area contributed by atoms with Gasteiger partial charge < -0.3 is 11.1 Å². The van der Waals surface area contributed by atoms with Gasteiger partial charge in [0.15, 0.2) is 0 Å². The highest BCUT2D eigenvalue weighted by atomic mass is 19.1. The lowest BCUT2D eigenvalue weighted by Gasteiger charge is -2.09. The van der Waals surface area contributed by atoms with Gasteiger partial charge in [-0.15, -0.1) is 0 Å². The first-order chi connectivity index (χ1) is 16.9. The molecule has 35 heavy (non-hydrogen) atoms. The molecule has 0 fully saturated rings. The number of hydrogen-bond acceptors (Lipinski definition) is 5. The third-order valence-corrected chi connectivity index (χ3v) is 5.78. The fourth-order valence-electron chi connectivity index (χ4n) is 3.92. The van der Waals surface area contributed by atoms with Crippen molar-refractivity contribution in [2.24, 2.45) is 0 Å². The molecule has 2 aromatic carbocycles. The third-order valence-electron chi connectivity index (χ3n) is 5.78. The van der Waals surface area contributed by atoms with Crippen LogP contribution in [0, 0.1) is 24.1 Å². The number of aromatic nitrogens is 4. The van der Waals surface area contributed by atoms with Gasteiger partial charge in [0.2, 0.25) is 0 Å². The Bertz CT molecular complexity index is 1380. The van der Waals surface area contributed by atoms with Gasteiger partial charge in [-0.2, -0.15) is 15.5 Å². The minimum Gasteiger partial charge on any atom is -0.382 e. The van der Waals surface area contributed by atoms with E-state index < -0.39 is 0 Å². The van der Waals surface area contributed by atoms with Crippen LogP contribution in [0.4, 0.5) is 10.2 Å². The van der Waals surface area contributed by atoms with Crippen LogP contribution >= 0.6 is 0 Å². The second kappa shape index (κ2) is 10.2. The van der Waals surface area contributed by atoms with Crippen molar-refractivity contribution in [3.8, 4) is 17.4 Å². The second-order valence-corrected chi connectivity index (χ2v) is 8.17. The summed E-state index contributed by atoms with van der Waals surface area (Å²) in [6, 6.07) is 15.8. The number of nitriles is 1. The molecular formula is C26H26FN7O. The van der Waals surface area contributed by atoms with E-state index in [2.05, 4.69) is 21.6 Å². The van der Waals surface area contributed by atoms with E-state index in [1.54, 1.807) is 23.0 Å². The predicted molar refractivity (Wildman–Crippen MR) is 131 cm³/mol. The van der Waals surface area contributed by atoms with E-state index in [0.717, 1.165) is 16.9 Å². The second-order valence-electron chi connectivity index (χ2n) is 8.17. The van der Waals surface area contributed by atoms with Crippen molar-refractivity contribution in [3.05, 3.63) is 88.6 Å². The van der Waals surface area contributed by atoms with E-state index in [9.17, 15) is 14.4 Å². The lowest BCUT2D eigenvalue weighted by molar-refractivity contribution is 0.0952. The van der Waals surface area contributed by atoms with Crippen molar-refractivity contribution in [3.63, 3.8) is 0 Å². The Morgan fingerprint density at radius 1 is 1.11 bits per heavy atom. The molecule has 0 aliphatic heterocycles. The Kier molecular flexibility index (Phi) is 6.92. The molecule has 0 aliphatic carbocycles. The van der Waals surface area contributed by atoms with Crippen LogP contribution in [0.5, 0.6) is 0 Å². The van der Waals surface area contributed by atoms with Gasteiger partial charge in [0.25, 0.3) is 5.91 Å². The molecule has 2 heterocycles. The van der Waals surface area contributed by atoms with E-state index in [1.807, 2.05) is 38.1 Å². The van der Waals surface area contributed by atoms with Crippen LogP contribution < -0.4 is 11.1 Å². The fraction of sp³-hybridized carbons (Fsp3) is 0.231. The Labute approximate surface area is 202 Å². The molecular weight excluding hydrogens is 445 g/mol. The molecule has 0 saturated heterocycles. The monoisotopic (exact) mass is 471 g/mol. The lowest BCUT2D eigenvalue weighted by atomic mass is 10.1. The maximum atomic E-state index is 13.2. The number of nitrogens with one attached hydrogen (secondary N) is 1. The molecule has 4 rings (SSSR count). The highest BCUT2D eigenvalue weighted by Crippen LogP contribution is 2.22. The summed E-state index contributed by atoms with van der Waals surface area (Å²) < 4.78 is 16.5.